The number of carbonyl (C=O) groups excluding carboxylic acids is 1. The Kier molecular flexibility index (Phi) is 6.24. The Morgan fingerprint density at radius 2 is 1.71 bits per heavy atom. The maximum absolute atomic E-state index is 12.7. The molecule has 0 aromatic carbocycles. The summed E-state index contributed by atoms with van der Waals surface area (Å²) in [4.78, 5) is 12.7. The molecule has 0 saturated heterocycles. The second-order valence-electron chi connectivity index (χ2n) is 4.28. The zero-order valence-corrected chi connectivity index (χ0v) is 13.4. The van der Waals surface area contributed by atoms with Crippen LogP contribution in [0.1, 0.15) is 6.92 Å². The lowest BCUT2D eigenvalue weighted by Gasteiger charge is -2.32. The molecule has 0 aliphatic heterocycles. The van der Waals surface area contributed by atoms with Gasteiger partial charge in [0.1, 0.15) is 0 Å². The van der Waals surface area contributed by atoms with E-state index in [1.165, 1.54) is 0 Å². The van der Waals surface area contributed by atoms with Crippen molar-refractivity contribution in [1.29, 1.82) is 0 Å². The van der Waals surface area contributed by atoms with Crippen molar-refractivity contribution in [1.82, 2.24) is 0 Å². The summed E-state index contributed by atoms with van der Waals surface area (Å²) in [6, 6.07) is 0. The molecular weight excluding hydrogens is 268 g/mol. The molecule has 17 heavy (non-hydrogen) atoms. The molecule has 1 nitrogen and oxygen atoms in total. The largest absolute Gasteiger partial charge is 0.293 e. The van der Waals surface area contributed by atoms with Crippen molar-refractivity contribution in [3.63, 3.8) is 0 Å². The number of carbonyl (C=O) groups is 1. The standard InChI is InChI=1S/C13H20OS3/c1-10-5-6-13(8-16-3,9-17-4)12(14)11(10)7-15-2/h5-6H,7-9H2,1-4H3. The molecule has 0 bridgehead atoms. The summed E-state index contributed by atoms with van der Waals surface area (Å²) >= 11 is 5.24. The Balaban J connectivity index is 3.05. The van der Waals surface area contributed by atoms with Crippen LogP contribution in [-0.4, -0.2) is 41.8 Å². The SMILES string of the molecule is CSCC1=C(C)C=CC(CSC)(CSC)C1=O. The summed E-state index contributed by atoms with van der Waals surface area (Å²) in [7, 11) is 0. The van der Waals surface area contributed by atoms with Crippen molar-refractivity contribution >= 4 is 41.1 Å². The quantitative estimate of drug-likeness (QED) is 0.743. The third-order valence-corrected chi connectivity index (χ3v) is 5.13. The summed E-state index contributed by atoms with van der Waals surface area (Å²) < 4.78 is 0. The van der Waals surface area contributed by atoms with Gasteiger partial charge in [0.25, 0.3) is 0 Å². The lowest BCUT2D eigenvalue weighted by molar-refractivity contribution is -0.120. The van der Waals surface area contributed by atoms with Gasteiger partial charge in [-0.15, -0.1) is 0 Å². The van der Waals surface area contributed by atoms with Gasteiger partial charge in [0.2, 0.25) is 0 Å². The van der Waals surface area contributed by atoms with E-state index in [2.05, 4.69) is 30.9 Å². The van der Waals surface area contributed by atoms with Gasteiger partial charge in [-0.05, 0) is 31.3 Å². The van der Waals surface area contributed by atoms with Crippen LogP contribution in [0.15, 0.2) is 23.3 Å². The van der Waals surface area contributed by atoms with Crippen molar-refractivity contribution < 1.29 is 4.79 Å². The highest BCUT2D eigenvalue weighted by Gasteiger charge is 2.39. The number of hydrogen-bond acceptors (Lipinski definition) is 4. The van der Waals surface area contributed by atoms with Crippen LogP contribution in [0, 0.1) is 5.41 Å². The van der Waals surface area contributed by atoms with Crippen molar-refractivity contribution in [2.75, 3.05) is 36.0 Å². The number of ketones is 1. The zero-order chi connectivity index (χ0) is 12.9. The minimum Gasteiger partial charge on any atom is -0.293 e. The number of thioether (sulfide) groups is 3. The van der Waals surface area contributed by atoms with Gasteiger partial charge >= 0.3 is 0 Å². The highest BCUT2D eigenvalue weighted by molar-refractivity contribution is 7.99. The smallest absolute Gasteiger partial charge is 0.171 e. The molecule has 0 radical (unpaired) electrons. The molecule has 0 heterocycles. The number of hydrogen-bond donors (Lipinski definition) is 0. The van der Waals surface area contributed by atoms with Crippen LogP contribution in [0.2, 0.25) is 0 Å². The third kappa shape index (κ3) is 3.36. The summed E-state index contributed by atoms with van der Waals surface area (Å²) in [5, 5.41) is 0. The van der Waals surface area contributed by atoms with E-state index in [0.29, 0.717) is 5.78 Å². The van der Waals surface area contributed by atoms with Gasteiger partial charge < -0.3 is 0 Å². The van der Waals surface area contributed by atoms with E-state index in [1.807, 2.05) is 6.92 Å². The van der Waals surface area contributed by atoms with Gasteiger partial charge in [0, 0.05) is 22.8 Å². The highest BCUT2D eigenvalue weighted by atomic mass is 32.2. The lowest BCUT2D eigenvalue weighted by atomic mass is 9.78. The van der Waals surface area contributed by atoms with Crippen molar-refractivity contribution in [2.24, 2.45) is 5.41 Å². The van der Waals surface area contributed by atoms with Crippen LogP contribution < -0.4 is 0 Å². The lowest BCUT2D eigenvalue weighted by Crippen LogP contribution is -2.38. The second-order valence-corrected chi connectivity index (χ2v) is 6.88. The average molecular weight is 289 g/mol. The molecule has 1 aliphatic rings. The van der Waals surface area contributed by atoms with Crippen molar-refractivity contribution in [2.45, 2.75) is 6.92 Å². The minimum atomic E-state index is -0.274. The first-order valence-corrected chi connectivity index (χ1v) is 9.70. The van der Waals surface area contributed by atoms with Gasteiger partial charge in [-0.1, -0.05) is 12.2 Å². The molecule has 0 amide bonds. The Hall–Kier alpha value is 0.200. The van der Waals surface area contributed by atoms with Gasteiger partial charge in [-0.3, -0.25) is 4.79 Å². The first-order chi connectivity index (χ1) is 8.11. The molecule has 1 aliphatic carbocycles. The van der Waals surface area contributed by atoms with E-state index in [1.54, 1.807) is 35.3 Å². The fraction of sp³-hybridized carbons (Fsp3) is 0.615. The molecule has 0 unspecified atom stereocenters. The van der Waals surface area contributed by atoms with E-state index in [-0.39, 0.29) is 5.41 Å². The van der Waals surface area contributed by atoms with Gasteiger partial charge in [0.05, 0.1) is 5.41 Å². The van der Waals surface area contributed by atoms with E-state index in [9.17, 15) is 4.79 Å². The number of rotatable bonds is 6. The summed E-state index contributed by atoms with van der Waals surface area (Å²) in [5.41, 5.74) is 1.88. The number of Topliss-reactive ketones (excluding diaryl/α,β-unsaturated/α-hetero) is 1. The van der Waals surface area contributed by atoms with E-state index < -0.39 is 0 Å². The first kappa shape index (κ1) is 15.3. The van der Waals surface area contributed by atoms with Crippen LogP contribution in [0.4, 0.5) is 0 Å². The van der Waals surface area contributed by atoms with Crippen molar-refractivity contribution in [3.8, 4) is 0 Å². The Morgan fingerprint density at radius 1 is 1.12 bits per heavy atom. The molecule has 0 saturated carbocycles. The average Bonchev–Trinajstić information content (AvgIpc) is 2.31. The van der Waals surface area contributed by atoms with Crippen LogP contribution >= 0.6 is 35.3 Å². The Labute approximate surface area is 117 Å². The molecule has 0 fully saturated rings. The zero-order valence-electron chi connectivity index (χ0n) is 10.9. The van der Waals surface area contributed by atoms with E-state index in [0.717, 1.165) is 28.4 Å². The first-order valence-electron chi connectivity index (χ1n) is 5.52. The molecular formula is C13H20OS3. The third-order valence-electron chi connectivity index (χ3n) is 2.95. The van der Waals surface area contributed by atoms with Crippen LogP contribution in [0.5, 0.6) is 0 Å². The summed E-state index contributed by atoms with van der Waals surface area (Å²) in [6.07, 6.45) is 10.5. The number of allylic oxidation sites excluding steroid dienone is 3. The molecule has 1 rings (SSSR count). The fourth-order valence-electron chi connectivity index (χ4n) is 2.05. The topological polar surface area (TPSA) is 17.1 Å². The molecule has 0 spiro atoms. The molecule has 0 aromatic rings. The molecule has 96 valence electrons. The second kappa shape index (κ2) is 6.95. The van der Waals surface area contributed by atoms with Gasteiger partial charge in [-0.25, -0.2) is 0 Å². The maximum atomic E-state index is 12.7. The monoisotopic (exact) mass is 288 g/mol. The van der Waals surface area contributed by atoms with E-state index >= 15 is 0 Å². The minimum absolute atomic E-state index is 0.274. The predicted octanol–water partition coefficient (Wildman–Crippen LogP) is 3.52. The normalized spacial score (nSPS) is 18.9. The maximum Gasteiger partial charge on any atom is 0.171 e. The molecule has 0 aromatic heterocycles. The van der Waals surface area contributed by atoms with E-state index in [4.69, 9.17) is 0 Å². The summed E-state index contributed by atoms with van der Waals surface area (Å²) in [6.45, 7) is 2.04. The summed E-state index contributed by atoms with van der Waals surface area (Å²) in [5.74, 6) is 2.94. The Bertz CT molecular complexity index is 339. The van der Waals surface area contributed by atoms with Crippen LogP contribution in [0.25, 0.3) is 0 Å². The van der Waals surface area contributed by atoms with Crippen molar-refractivity contribution in [3.05, 3.63) is 23.3 Å². The highest BCUT2D eigenvalue weighted by Crippen LogP contribution is 2.37. The van der Waals surface area contributed by atoms with Crippen LogP contribution in [-0.2, 0) is 4.79 Å². The van der Waals surface area contributed by atoms with Gasteiger partial charge in [-0.2, -0.15) is 35.3 Å². The molecule has 0 atom stereocenters. The Morgan fingerprint density at radius 3 is 2.18 bits per heavy atom. The van der Waals surface area contributed by atoms with Crippen LogP contribution in [0.3, 0.4) is 0 Å². The molecule has 4 heteroatoms. The molecule has 0 N–H and O–H groups in total. The fourth-order valence-corrected chi connectivity index (χ4v) is 4.51. The predicted molar refractivity (Wildman–Crippen MR) is 84.4 cm³/mol. The van der Waals surface area contributed by atoms with Gasteiger partial charge in [0.15, 0.2) is 5.78 Å².